The minimum atomic E-state index is -0.771. The summed E-state index contributed by atoms with van der Waals surface area (Å²) in [6, 6.07) is 11.4. The molecule has 0 radical (unpaired) electrons. The molecular weight excluding hydrogens is 328 g/mol. The molecule has 0 bridgehead atoms. The average Bonchev–Trinajstić information content (AvgIpc) is 3.14. The number of hydrogen-bond acceptors (Lipinski definition) is 4. The van der Waals surface area contributed by atoms with Gasteiger partial charge in [-0.25, -0.2) is 0 Å². The lowest BCUT2D eigenvalue weighted by Crippen LogP contribution is -2.29. The Balaban J connectivity index is 0.00000208. The highest BCUT2D eigenvalue weighted by atomic mass is 35.5. The summed E-state index contributed by atoms with van der Waals surface area (Å²) in [5.74, 6) is 0.516. The quantitative estimate of drug-likeness (QED) is 0.716. The predicted molar refractivity (Wildman–Crippen MR) is 95.3 cm³/mol. The Hall–Kier alpha value is -2.02. The third-order valence-corrected chi connectivity index (χ3v) is 3.97. The molecule has 3 aromatic rings. The zero-order valence-corrected chi connectivity index (χ0v) is 14.7. The maximum atomic E-state index is 10.4. The van der Waals surface area contributed by atoms with Gasteiger partial charge in [-0.05, 0) is 38.4 Å². The van der Waals surface area contributed by atoms with E-state index in [0.717, 1.165) is 24.1 Å². The van der Waals surface area contributed by atoms with Crippen molar-refractivity contribution in [2.45, 2.75) is 19.2 Å². The van der Waals surface area contributed by atoms with E-state index < -0.39 is 6.10 Å². The zero-order valence-electron chi connectivity index (χ0n) is 13.8. The van der Waals surface area contributed by atoms with Crippen LogP contribution in [0.1, 0.15) is 11.9 Å². The summed E-state index contributed by atoms with van der Waals surface area (Å²) in [4.78, 5) is 2.09. The van der Waals surface area contributed by atoms with E-state index in [-0.39, 0.29) is 12.4 Å². The fraction of sp³-hybridized carbons (Fsp3) is 0.353. The van der Waals surface area contributed by atoms with Crippen LogP contribution < -0.4 is 5.62 Å². The van der Waals surface area contributed by atoms with E-state index in [1.165, 1.54) is 0 Å². The summed E-state index contributed by atoms with van der Waals surface area (Å²) in [7, 11) is 4.04. The molecule has 3 rings (SSSR count). The Morgan fingerprint density at radius 2 is 1.79 bits per heavy atom. The van der Waals surface area contributed by atoms with Crippen LogP contribution in [0.3, 0.4) is 0 Å². The highest BCUT2D eigenvalue weighted by Gasteiger charge is 2.16. The fourth-order valence-corrected chi connectivity index (χ4v) is 2.75. The summed E-state index contributed by atoms with van der Waals surface area (Å²) in [5, 5.41) is 18.9. The number of nitrogens with one attached hydrogen (secondary N) is 1. The molecule has 1 atom stereocenters. The van der Waals surface area contributed by atoms with Crippen molar-refractivity contribution in [3.8, 4) is 0 Å². The Labute approximate surface area is 146 Å². The van der Waals surface area contributed by atoms with Crippen LogP contribution in [0, 0.1) is 5.41 Å². The van der Waals surface area contributed by atoms with Crippen molar-refractivity contribution >= 4 is 23.4 Å². The van der Waals surface area contributed by atoms with Crippen molar-refractivity contribution in [2.75, 3.05) is 20.6 Å². The average molecular weight is 351 g/mol. The van der Waals surface area contributed by atoms with Gasteiger partial charge in [-0.3, -0.25) is 5.41 Å². The van der Waals surface area contributed by atoms with E-state index in [1.54, 1.807) is 18.4 Å². The van der Waals surface area contributed by atoms with E-state index in [4.69, 9.17) is 9.83 Å². The molecule has 24 heavy (non-hydrogen) atoms. The van der Waals surface area contributed by atoms with Crippen LogP contribution in [-0.2, 0) is 13.1 Å². The predicted octanol–water partition coefficient (Wildman–Crippen LogP) is 2.23. The molecule has 2 N–H and O–H groups in total. The van der Waals surface area contributed by atoms with Crippen molar-refractivity contribution < 1.29 is 9.52 Å². The molecule has 0 amide bonds. The van der Waals surface area contributed by atoms with Crippen molar-refractivity contribution in [1.82, 2.24) is 14.0 Å². The Bertz CT molecular complexity index is 836. The standard InChI is InChI=1S/C17H22N4O2.ClH/c1-19(2)9-10-20-13-6-3-4-7-14(13)21(17(20)18)12-15(22)16-8-5-11-23-16;/h3-8,11,15,18,22H,9-10,12H2,1-2H3;1H. The van der Waals surface area contributed by atoms with Gasteiger partial charge in [-0.1, -0.05) is 12.1 Å². The molecule has 1 unspecified atom stereocenters. The highest BCUT2D eigenvalue weighted by Crippen LogP contribution is 2.19. The number of rotatable bonds is 6. The van der Waals surface area contributed by atoms with Crippen LogP contribution in [0.4, 0.5) is 0 Å². The van der Waals surface area contributed by atoms with Crippen LogP contribution in [-0.4, -0.2) is 39.8 Å². The number of likely N-dealkylation sites (N-methyl/N-ethyl adjacent to an activating group) is 1. The molecule has 7 heteroatoms. The van der Waals surface area contributed by atoms with E-state index in [0.29, 0.717) is 17.9 Å². The minimum absolute atomic E-state index is 0. The third-order valence-electron chi connectivity index (χ3n) is 3.97. The lowest BCUT2D eigenvalue weighted by molar-refractivity contribution is 0.129. The van der Waals surface area contributed by atoms with E-state index >= 15 is 0 Å². The van der Waals surface area contributed by atoms with E-state index in [2.05, 4.69) is 4.90 Å². The second kappa shape index (κ2) is 7.70. The number of halogens is 1. The van der Waals surface area contributed by atoms with Gasteiger partial charge in [0.1, 0.15) is 11.9 Å². The molecule has 0 aliphatic heterocycles. The van der Waals surface area contributed by atoms with Crippen LogP contribution in [0.15, 0.2) is 47.1 Å². The van der Waals surface area contributed by atoms with Gasteiger partial charge in [0.15, 0.2) is 0 Å². The van der Waals surface area contributed by atoms with Crippen molar-refractivity contribution in [1.29, 1.82) is 5.41 Å². The first kappa shape index (κ1) is 18.3. The number of aromatic nitrogens is 2. The molecular formula is C17H23ClN4O2. The van der Waals surface area contributed by atoms with E-state index in [1.807, 2.05) is 47.5 Å². The van der Waals surface area contributed by atoms with Gasteiger partial charge >= 0.3 is 0 Å². The van der Waals surface area contributed by atoms with Gasteiger partial charge in [0.05, 0.1) is 23.8 Å². The number of nitrogens with zero attached hydrogens (tertiary/aromatic N) is 3. The van der Waals surface area contributed by atoms with Crippen LogP contribution >= 0.6 is 12.4 Å². The molecule has 0 saturated heterocycles. The van der Waals surface area contributed by atoms with E-state index in [9.17, 15) is 5.11 Å². The van der Waals surface area contributed by atoms with Crippen LogP contribution in [0.25, 0.3) is 11.0 Å². The number of benzene rings is 1. The number of furan rings is 1. The first-order valence-corrected chi connectivity index (χ1v) is 7.67. The Morgan fingerprint density at radius 3 is 2.38 bits per heavy atom. The van der Waals surface area contributed by atoms with Gasteiger partial charge in [0.2, 0.25) is 5.62 Å². The largest absolute Gasteiger partial charge is 0.467 e. The zero-order chi connectivity index (χ0) is 16.4. The summed E-state index contributed by atoms with van der Waals surface area (Å²) < 4.78 is 9.08. The minimum Gasteiger partial charge on any atom is -0.467 e. The summed E-state index contributed by atoms with van der Waals surface area (Å²) >= 11 is 0. The van der Waals surface area contributed by atoms with Gasteiger partial charge in [-0.2, -0.15) is 0 Å². The number of aliphatic hydroxyl groups excluding tert-OH is 1. The number of fused-ring (bicyclic) bond motifs is 1. The normalized spacial score (nSPS) is 12.5. The second-order valence-corrected chi connectivity index (χ2v) is 5.91. The first-order chi connectivity index (χ1) is 11.1. The van der Waals surface area contributed by atoms with Gasteiger partial charge < -0.3 is 23.6 Å². The maximum absolute atomic E-state index is 10.4. The Kier molecular flexibility index (Phi) is 5.88. The summed E-state index contributed by atoms with van der Waals surface area (Å²) in [6.45, 7) is 1.88. The summed E-state index contributed by atoms with van der Waals surface area (Å²) in [6.07, 6.45) is 0.776. The SMILES string of the molecule is CN(C)CCn1c(=N)n(CC(O)c2ccco2)c2ccccc21.Cl. The van der Waals surface area contributed by atoms with Crippen LogP contribution in [0.5, 0.6) is 0 Å². The third kappa shape index (κ3) is 3.56. The molecule has 0 spiro atoms. The van der Waals surface area contributed by atoms with Gasteiger partial charge in [0.25, 0.3) is 0 Å². The molecule has 0 fully saturated rings. The molecule has 130 valence electrons. The molecule has 2 aromatic heterocycles. The first-order valence-electron chi connectivity index (χ1n) is 7.67. The number of imidazole rings is 1. The maximum Gasteiger partial charge on any atom is 0.203 e. The van der Waals surface area contributed by atoms with Gasteiger partial charge in [-0.15, -0.1) is 12.4 Å². The van der Waals surface area contributed by atoms with Crippen molar-refractivity contribution in [3.05, 3.63) is 54.0 Å². The molecule has 0 aliphatic rings. The smallest absolute Gasteiger partial charge is 0.203 e. The monoisotopic (exact) mass is 350 g/mol. The number of hydrogen-bond donors (Lipinski definition) is 2. The van der Waals surface area contributed by atoms with Crippen LogP contribution in [0.2, 0.25) is 0 Å². The van der Waals surface area contributed by atoms with Crippen molar-refractivity contribution in [2.24, 2.45) is 0 Å². The Morgan fingerprint density at radius 1 is 1.12 bits per heavy atom. The number of aliphatic hydroxyl groups is 1. The van der Waals surface area contributed by atoms with Crippen molar-refractivity contribution in [3.63, 3.8) is 0 Å². The van der Waals surface area contributed by atoms with Gasteiger partial charge in [0, 0.05) is 13.1 Å². The lowest BCUT2D eigenvalue weighted by atomic mass is 10.2. The second-order valence-electron chi connectivity index (χ2n) is 5.91. The topological polar surface area (TPSA) is 70.3 Å². The highest BCUT2D eigenvalue weighted by molar-refractivity contribution is 5.85. The molecule has 0 aliphatic carbocycles. The molecule has 6 nitrogen and oxygen atoms in total. The molecule has 1 aromatic carbocycles. The fourth-order valence-electron chi connectivity index (χ4n) is 2.75. The summed E-state index contributed by atoms with van der Waals surface area (Å²) in [5.41, 5.74) is 2.34. The number of para-hydroxylation sites is 2. The molecule has 2 heterocycles. The molecule has 0 saturated carbocycles. The lowest BCUT2D eigenvalue weighted by Gasteiger charge is -2.11.